The van der Waals surface area contributed by atoms with E-state index in [1.54, 1.807) is 12.1 Å². The van der Waals surface area contributed by atoms with Crippen molar-refractivity contribution in [2.45, 2.75) is 12.3 Å². The number of hydrogen-bond acceptors (Lipinski definition) is 3. The van der Waals surface area contributed by atoms with Crippen LogP contribution in [0.1, 0.15) is 22.8 Å². The lowest BCUT2D eigenvalue weighted by Crippen LogP contribution is -2.11. The molecule has 0 amide bonds. The van der Waals surface area contributed by atoms with Gasteiger partial charge in [0.15, 0.2) is 12.0 Å². The number of nitrogens with one attached hydrogen (secondary N) is 1. The lowest BCUT2D eigenvalue weighted by atomic mass is 9.93. The molecule has 0 bridgehead atoms. The molecule has 8 heteroatoms. The van der Waals surface area contributed by atoms with Gasteiger partial charge in [-0.25, -0.2) is 4.39 Å². The van der Waals surface area contributed by atoms with Gasteiger partial charge in [0.25, 0.3) is 0 Å². The summed E-state index contributed by atoms with van der Waals surface area (Å²) in [4.78, 5) is 13.2. The van der Waals surface area contributed by atoms with Crippen molar-refractivity contribution in [3.63, 3.8) is 0 Å². The first kappa shape index (κ1) is 20.2. The highest BCUT2D eigenvalue weighted by atomic mass is 35.5. The van der Waals surface area contributed by atoms with Gasteiger partial charge in [0.05, 0.1) is 11.1 Å². The van der Waals surface area contributed by atoms with E-state index in [1.807, 2.05) is 0 Å². The van der Waals surface area contributed by atoms with Crippen molar-refractivity contribution >= 4 is 33.7 Å². The molecule has 154 valence electrons. The van der Waals surface area contributed by atoms with Gasteiger partial charge in [-0.15, -0.1) is 0 Å². The number of ketones is 1. The molecule has 1 aliphatic heterocycles. The predicted octanol–water partition coefficient (Wildman–Crippen LogP) is 5.88. The fourth-order valence-electron chi connectivity index (χ4n) is 3.57. The zero-order valence-electron chi connectivity index (χ0n) is 15.5. The minimum Gasteiger partial charge on any atom is -0.462 e. The van der Waals surface area contributed by atoms with Crippen molar-refractivity contribution in [1.29, 1.82) is 0 Å². The van der Waals surface area contributed by atoms with E-state index < -0.39 is 29.4 Å². The van der Waals surface area contributed by atoms with Crippen LogP contribution in [0.25, 0.3) is 16.3 Å². The van der Waals surface area contributed by atoms with E-state index in [-0.39, 0.29) is 33.0 Å². The Kier molecular flexibility index (Phi) is 4.94. The Balaban J connectivity index is 1.84. The molecular formula is C22H14ClF4NO2. The second-order valence-corrected chi connectivity index (χ2v) is 7.16. The van der Waals surface area contributed by atoms with Crippen LogP contribution in [0.5, 0.6) is 0 Å². The monoisotopic (exact) mass is 435 g/mol. The third kappa shape index (κ3) is 3.39. The van der Waals surface area contributed by atoms with Crippen molar-refractivity contribution in [3.8, 4) is 0 Å². The molecule has 0 saturated heterocycles. The van der Waals surface area contributed by atoms with E-state index >= 15 is 0 Å². The number of carbonyl (C=O) groups is 1. The Labute approximate surface area is 173 Å². The fourth-order valence-corrected chi connectivity index (χ4v) is 3.80. The van der Waals surface area contributed by atoms with Crippen LogP contribution in [-0.4, -0.2) is 12.8 Å². The van der Waals surface area contributed by atoms with Crippen LogP contribution in [0.4, 0.5) is 17.6 Å². The summed E-state index contributed by atoms with van der Waals surface area (Å²) in [5, 5.41) is 3.63. The lowest BCUT2D eigenvalue weighted by Gasteiger charge is -2.15. The number of halogens is 5. The molecule has 4 rings (SSSR count). The minimum atomic E-state index is -4.56. The van der Waals surface area contributed by atoms with Crippen LogP contribution in [0.3, 0.4) is 0 Å². The standard InChI is InChI=1S/C22H14ClF4NO2/c1-28-21-18(11-4-2-6-13(8-11)22(25,26)27)19(29)20(30-21)15-10-14(23)9-12-5-3-7-16(24)17(12)15/h2-10,20,28H,1H3. The molecule has 1 N–H and O–H groups in total. The fraction of sp³-hybridized carbons (Fsp3) is 0.136. The lowest BCUT2D eigenvalue weighted by molar-refractivity contribution is -0.137. The largest absolute Gasteiger partial charge is 0.462 e. The zero-order valence-corrected chi connectivity index (χ0v) is 16.2. The molecule has 30 heavy (non-hydrogen) atoms. The van der Waals surface area contributed by atoms with Crippen molar-refractivity contribution in [1.82, 2.24) is 5.32 Å². The molecular weight excluding hydrogens is 422 g/mol. The van der Waals surface area contributed by atoms with Gasteiger partial charge in [0, 0.05) is 23.0 Å². The third-order valence-corrected chi connectivity index (χ3v) is 5.07. The Hall–Kier alpha value is -3.06. The maximum atomic E-state index is 14.6. The van der Waals surface area contributed by atoms with Gasteiger partial charge in [-0.2, -0.15) is 13.2 Å². The number of carbonyl (C=O) groups excluding carboxylic acids is 1. The van der Waals surface area contributed by atoms with Crippen molar-refractivity contribution in [2.24, 2.45) is 0 Å². The average molecular weight is 436 g/mol. The molecule has 1 unspecified atom stereocenters. The van der Waals surface area contributed by atoms with Gasteiger partial charge in [0.2, 0.25) is 5.78 Å². The molecule has 0 radical (unpaired) electrons. The summed E-state index contributed by atoms with van der Waals surface area (Å²) in [6.45, 7) is 0. The molecule has 0 fully saturated rings. The second kappa shape index (κ2) is 7.32. The van der Waals surface area contributed by atoms with E-state index in [0.29, 0.717) is 5.39 Å². The first-order valence-corrected chi connectivity index (χ1v) is 9.26. The summed E-state index contributed by atoms with van der Waals surface area (Å²) in [5.41, 5.74) is -0.680. The number of hydrogen-bond donors (Lipinski definition) is 1. The van der Waals surface area contributed by atoms with Crippen LogP contribution in [0, 0.1) is 5.82 Å². The van der Waals surface area contributed by atoms with Gasteiger partial charge in [0.1, 0.15) is 5.82 Å². The van der Waals surface area contributed by atoms with Crippen LogP contribution in [0.15, 0.2) is 60.5 Å². The summed E-state index contributed by atoms with van der Waals surface area (Å²) in [6.07, 6.45) is -5.82. The Morgan fingerprint density at radius 3 is 2.50 bits per heavy atom. The number of alkyl halides is 3. The van der Waals surface area contributed by atoms with Gasteiger partial charge in [-0.3, -0.25) is 4.79 Å². The average Bonchev–Trinajstić information content (AvgIpc) is 3.03. The quantitative estimate of drug-likeness (QED) is 0.522. The molecule has 3 nitrogen and oxygen atoms in total. The molecule has 0 aliphatic carbocycles. The van der Waals surface area contributed by atoms with Crippen molar-refractivity contribution < 1.29 is 27.1 Å². The highest BCUT2D eigenvalue weighted by Crippen LogP contribution is 2.42. The summed E-state index contributed by atoms with van der Waals surface area (Å²) in [6, 6.07) is 11.8. The maximum Gasteiger partial charge on any atom is 0.416 e. The van der Waals surface area contributed by atoms with E-state index in [2.05, 4.69) is 5.32 Å². The molecule has 1 heterocycles. The van der Waals surface area contributed by atoms with Crippen molar-refractivity contribution in [2.75, 3.05) is 7.05 Å². The predicted molar refractivity (Wildman–Crippen MR) is 105 cm³/mol. The van der Waals surface area contributed by atoms with E-state index in [1.165, 1.54) is 37.4 Å². The molecule has 0 spiro atoms. The first-order chi connectivity index (χ1) is 14.2. The van der Waals surface area contributed by atoms with Crippen LogP contribution >= 0.6 is 11.6 Å². The molecule has 0 saturated carbocycles. The summed E-state index contributed by atoms with van der Waals surface area (Å²) >= 11 is 6.15. The topological polar surface area (TPSA) is 38.3 Å². The van der Waals surface area contributed by atoms with E-state index in [4.69, 9.17) is 16.3 Å². The van der Waals surface area contributed by atoms with E-state index in [0.717, 1.165) is 12.1 Å². The number of fused-ring (bicyclic) bond motifs is 1. The number of ether oxygens (including phenoxy) is 1. The Bertz CT molecular complexity index is 1200. The first-order valence-electron chi connectivity index (χ1n) is 8.89. The number of rotatable bonds is 3. The number of benzene rings is 3. The van der Waals surface area contributed by atoms with Crippen molar-refractivity contribution in [3.05, 3.63) is 88.0 Å². The highest BCUT2D eigenvalue weighted by molar-refractivity contribution is 6.32. The van der Waals surface area contributed by atoms with Gasteiger partial charge in [-0.05, 0) is 41.3 Å². The van der Waals surface area contributed by atoms with Crippen LogP contribution < -0.4 is 5.32 Å². The van der Waals surface area contributed by atoms with E-state index in [9.17, 15) is 22.4 Å². The molecule has 1 aliphatic rings. The second-order valence-electron chi connectivity index (χ2n) is 6.73. The Morgan fingerprint density at radius 1 is 1.07 bits per heavy atom. The van der Waals surface area contributed by atoms with Gasteiger partial charge >= 0.3 is 6.18 Å². The third-order valence-electron chi connectivity index (χ3n) is 4.86. The smallest absolute Gasteiger partial charge is 0.416 e. The molecule has 3 aromatic carbocycles. The minimum absolute atomic E-state index is 0.00814. The Morgan fingerprint density at radius 2 is 1.80 bits per heavy atom. The molecule has 1 atom stereocenters. The highest BCUT2D eigenvalue weighted by Gasteiger charge is 2.39. The van der Waals surface area contributed by atoms with Crippen LogP contribution in [0.2, 0.25) is 5.02 Å². The normalized spacial score (nSPS) is 16.9. The number of Topliss-reactive ketones (excluding diaryl/α,β-unsaturated/α-hetero) is 1. The maximum absolute atomic E-state index is 14.6. The summed E-state index contributed by atoms with van der Waals surface area (Å²) in [7, 11) is 1.48. The summed E-state index contributed by atoms with van der Waals surface area (Å²) < 4.78 is 59.7. The summed E-state index contributed by atoms with van der Waals surface area (Å²) in [5.74, 6) is -1.15. The van der Waals surface area contributed by atoms with Gasteiger partial charge in [-0.1, -0.05) is 35.9 Å². The zero-order chi connectivity index (χ0) is 21.6. The molecule has 3 aromatic rings. The van der Waals surface area contributed by atoms with Crippen LogP contribution in [-0.2, 0) is 15.7 Å². The van der Waals surface area contributed by atoms with Gasteiger partial charge < -0.3 is 10.1 Å². The SMILES string of the molecule is CNC1=C(c2cccc(C(F)(F)F)c2)C(=O)C(c2cc(Cl)cc3cccc(F)c23)O1. The molecule has 0 aromatic heterocycles.